The van der Waals surface area contributed by atoms with Crippen LogP contribution in [0.4, 0.5) is 5.95 Å². The van der Waals surface area contributed by atoms with Crippen LogP contribution in [-0.2, 0) is 4.74 Å². The first kappa shape index (κ1) is 13.2. The molecule has 1 aromatic heterocycles. The SMILES string of the molecule is COCCC1(CO)CCCN(c2ncccn2)C1. The highest BCUT2D eigenvalue weighted by Crippen LogP contribution is 2.34. The Morgan fingerprint density at radius 1 is 1.44 bits per heavy atom. The molecular formula is C13H21N3O2. The summed E-state index contributed by atoms with van der Waals surface area (Å²) >= 11 is 0. The average Bonchev–Trinajstić information content (AvgIpc) is 2.46. The first-order valence-electron chi connectivity index (χ1n) is 6.41. The number of nitrogens with zero attached hydrogens (tertiary/aromatic N) is 3. The molecule has 0 spiro atoms. The van der Waals surface area contributed by atoms with Gasteiger partial charge in [0, 0.05) is 44.6 Å². The summed E-state index contributed by atoms with van der Waals surface area (Å²) in [6, 6.07) is 1.82. The van der Waals surface area contributed by atoms with Crippen molar-refractivity contribution in [2.45, 2.75) is 19.3 Å². The Labute approximate surface area is 108 Å². The zero-order valence-electron chi connectivity index (χ0n) is 10.9. The molecule has 0 bridgehead atoms. The van der Waals surface area contributed by atoms with Crippen LogP contribution in [-0.4, -0.2) is 48.5 Å². The van der Waals surface area contributed by atoms with Crippen molar-refractivity contribution in [3.63, 3.8) is 0 Å². The largest absolute Gasteiger partial charge is 0.396 e. The lowest BCUT2D eigenvalue weighted by atomic mass is 9.78. The van der Waals surface area contributed by atoms with Crippen molar-refractivity contribution in [1.82, 2.24) is 9.97 Å². The smallest absolute Gasteiger partial charge is 0.225 e. The van der Waals surface area contributed by atoms with Crippen molar-refractivity contribution in [1.29, 1.82) is 0 Å². The number of ether oxygens (including phenoxy) is 1. The van der Waals surface area contributed by atoms with Crippen LogP contribution in [0.2, 0.25) is 0 Å². The summed E-state index contributed by atoms with van der Waals surface area (Å²) < 4.78 is 5.15. The van der Waals surface area contributed by atoms with Gasteiger partial charge in [0.25, 0.3) is 0 Å². The van der Waals surface area contributed by atoms with E-state index in [4.69, 9.17) is 4.74 Å². The minimum Gasteiger partial charge on any atom is -0.396 e. The third kappa shape index (κ3) is 2.97. The summed E-state index contributed by atoms with van der Waals surface area (Å²) in [5.41, 5.74) is -0.0759. The van der Waals surface area contributed by atoms with Gasteiger partial charge in [0.1, 0.15) is 0 Å². The highest BCUT2D eigenvalue weighted by Gasteiger charge is 2.35. The van der Waals surface area contributed by atoms with E-state index in [1.807, 2.05) is 6.07 Å². The van der Waals surface area contributed by atoms with Gasteiger partial charge < -0.3 is 14.7 Å². The Hall–Kier alpha value is -1.20. The van der Waals surface area contributed by atoms with Gasteiger partial charge in [-0.25, -0.2) is 9.97 Å². The number of methoxy groups -OCH3 is 1. The first-order chi connectivity index (χ1) is 8.79. The maximum atomic E-state index is 9.71. The Morgan fingerprint density at radius 3 is 2.89 bits per heavy atom. The molecular weight excluding hydrogens is 230 g/mol. The first-order valence-corrected chi connectivity index (χ1v) is 6.41. The van der Waals surface area contributed by atoms with Crippen molar-refractivity contribution in [3.8, 4) is 0 Å². The molecule has 2 rings (SSSR count). The lowest BCUT2D eigenvalue weighted by Crippen LogP contribution is -2.46. The van der Waals surface area contributed by atoms with Crippen molar-refractivity contribution in [3.05, 3.63) is 18.5 Å². The molecule has 5 nitrogen and oxygen atoms in total. The summed E-state index contributed by atoms with van der Waals surface area (Å²) in [4.78, 5) is 10.7. The molecule has 1 atom stereocenters. The lowest BCUT2D eigenvalue weighted by Gasteiger charge is -2.41. The predicted molar refractivity (Wildman–Crippen MR) is 69.5 cm³/mol. The number of aromatic nitrogens is 2. The normalized spacial score (nSPS) is 24.2. The standard InChI is InChI=1S/C13H21N3O2/c1-18-9-5-13(11-17)4-2-8-16(10-13)12-14-6-3-7-15-12/h3,6-7,17H,2,4-5,8-11H2,1H3. The second-order valence-corrected chi connectivity index (χ2v) is 4.97. The maximum absolute atomic E-state index is 9.71. The number of hydrogen-bond donors (Lipinski definition) is 1. The fraction of sp³-hybridized carbons (Fsp3) is 0.692. The molecule has 0 saturated carbocycles. The van der Waals surface area contributed by atoms with Gasteiger partial charge in [-0.05, 0) is 25.3 Å². The van der Waals surface area contributed by atoms with E-state index < -0.39 is 0 Å². The van der Waals surface area contributed by atoms with Crippen LogP contribution in [0.3, 0.4) is 0 Å². The van der Waals surface area contributed by atoms with Crippen LogP contribution in [0.5, 0.6) is 0 Å². The second kappa shape index (κ2) is 6.11. The molecule has 1 N–H and O–H groups in total. The third-order valence-electron chi connectivity index (χ3n) is 3.67. The molecule has 1 unspecified atom stereocenters. The van der Waals surface area contributed by atoms with Crippen LogP contribution in [0, 0.1) is 5.41 Å². The van der Waals surface area contributed by atoms with Crippen molar-refractivity contribution in [2.24, 2.45) is 5.41 Å². The van der Waals surface area contributed by atoms with Gasteiger partial charge in [-0.1, -0.05) is 0 Å². The van der Waals surface area contributed by atoms with Crippen molar-refractivity contribution in [2.75, 3.05) is 38.3 Å². The van der Waals surface area contributed by atoms with Gasteiger partial charge in [-0.3, -0.25) is 0 Å². The van der Waals surface area contributed by atoms with E-state index in [0.717, 1.165) is 38.3 Å². The fourth-order valence-electron chi connectivity index (χ4n) is 2.56. The number of hydrogen-bond acceptors (Lipinski definition) is 5. The van der Waals surface area contributed by atoms with Gasteiger partial charge >= 0.3 is 0 Å². The summed E-state index contributed by atoms with van der Waals surface area (Å²) in [6.07, 6.45) is 6.49. The van der Waals surface area contributed by atoms with Gasteiger partial charge in [0.2, 0.25) is 5.95 Å². The van der Waals surface area contributed by atoms with Gasteiger partial charge in [0.15, 0.2) is 0 Å². The van der Waals surface area contributed by atoms with Crippen molar-refractivity contribution < 1.29 is 9.84 Å². The molecule has 0 radical (unpaired) electrons. The summed E-state index contributed by atoms with van der Waals surface area (Å²) in [6.45, 7) is 2.64. The highest BCUT2D eigenvalue weighted by molar-refractivity contribution is 5.30. The Morgan fingerprint density at radius 2 is 2.22 bits per heavy atom. The molecule has 0 amide bonds. The molecule has 1 aromatic rings. The fourth-order valence-corrected chi connectivity index (χ4v) is 2.56. The monoisotopic (exact) mass is 251 g/mol. The summed E-state index contributed by atoms with van der Waals surface area (Å²) in [5, 5.41) is 9.71. The molecule has 1 aliphatic rings. The van der Waals surface area contributed by atoms with Crippen LogP contribution in [0.1, 0.15) is 19.3 Å². The minimum atomic E-state index is -0.0759. The Kier molecular flexibility index (Phi) is 4.49. The van der Waals surface area contributed by atoms with E-state index >= 15 is 0 Å². The molecule has 18 heavy (non-hydrogen) atoms. The molecule has 0 aliphatic carbocycles. The number of aliphatic hydroxyl groups is 1. The molecule has 1 saturated heterocycles. The zero-order valence-corrected chi connectivity index (χ0v) is 10.9. The maximum Gasteiger partial charge on any atom is 0.225 e. The quantitative estimate of drug-likeness (QED) is 0.849. The Balaban J connectivity index is 2.07. The molecule has 1 aliphatic heterocycles. The molecule has 100 valence electrons. The Bertz CT molecular complexity index is 361. The zero-order chi connectivity index (χ0) is 12.8. The predicted octanol–water partition coefficient (Wildman–Crippen LogP) is 1.09. The topological polar surface area (TPSA) is 58.5 Å². The van der Waals surface area contributed by atoms with Crippen LogP contribution in [0.25, 0.3) is 0 Å². The number of aliphatic hydroxyl groups excluding tert-OH is 1. The highest BCUT2D eigenvalue weighted by atomic mass is 16.5. The second-order valence-electron chi connectivity index (χ2n) is 4.97. The van der Waals surface area contributed by atoms with Crippen LogP contribution >= 0.6 is 0 Å². The molecule has 0 aromatic carbocycles. The number of piperidine rings is 1. The van der Waals surface area contributed by atoms with Gasteiger partial charge in [-0.15, -0.1) is 0 Å². The van der Waals surface area contributed by atoms with Gasteiger partial charge in [-0.2, -0.15) is 0 Å². The molecule has 1 fully saturated rings. The van der Waals surface area contributed by atoms with E-state index in [1.165, 1.54) is 0 Å². The van der Waals surface area contributed by atoms with E-state index in [1.54, 1.807) is 19.5 Å². The third-order valence-corrected chi connectivity index (χ3v) is 3.67. The van der Waals surface area contributed by atoms with Crippen LogP contribution in [0.15, 0.2) is 18.5 Å². The lowest BCUT2D eigenvalue weighted by molar-refractivity contribution is 0.0622. The summed E-state index contributed by atoms with van der Waals surface area (Å²) in [5.74, 6) is 0.757. The molecule has 2 heterocycles. The van der Waals surface area contributed by atoms with E-state index in [0.29, 0.717) is 6.61 Å². The van der Waals surface area contributed by atoms with E-state index in [-0.39, 0.29) is 12.0 Å². The average molecular weight is 251 g/mol. The van der Waals surface area contributed by atoms with Gasteiger partial charge in [0.05, 0.1) is 6.61 Å². The molecule has 5 heteroatoms. The number of anilines is 1. The van der Waals surface area contributed by atoms with Crippen molar-refractivity contribution >= 4 is 5.95 Å². The van der Waals surface area contributed by atoms with E-state index in [2.05, 4.69) is 14.9 Å². The minimum absolute atomic E-state index is 0.0759. The van der Waals surface area contributed by atoms with Crippen LogP contribution < -0.4 is 4.90 Å². The summed E-state index contributed by atoms with van der Waals surface area (Å²) in [7, 11) is 1.70. The van der Waals surface area contributed by atoms with E-state index in [9.17, 15) is 5.11 Å². The number of rotatable bonds is 5.